The van der Waals surface area contributed by atoms with Crippen molar-refractivity contribution in [3.05, 3.63) is 94.3 Å². The van der Waals surface area contributed by atoms with Gasteiger partial charge in [-0.3, -0.25) is 38.7 Å². The molecule has 4 aliphatic rings. The van der Waals surface area contributed by atoms with Gasteiger partial charge in [0, 0.05) is 95.4 Å². The molecule has 10 rings (SSSR count). The van der Waals surface area contributed by atoms with E-state index in [9.17, 15) is 23.6 Å². The number of piperazine rings is 1. The Morgan fingerprint density at radius 3 is 2.58 bits per heavy atom. The van der Waals surface area contributed by atoms with Gasteiger partial charge in [-0.1, -0.05) is 12.1 Å². The van der Waals surface area contributed by atoms with E-state index in [1.54, 1.807) is 18.7 Å². The van der Waals surface area contributed by atoms with Crippen molar-refractivity contribution in [1.29, 1.82) is 0 Å². The van der Waals surface area contributed by atoms with Crippen molar-refractivity contribution >= 4 is 57.3 Å². The van der Waals surface area contributed by atoms with E-state index in [-0.39, 0.29) is 23.7 Å². The Morgan fingerprint density at radius 2 is 1.80 bits per heavy atom. The number of anilines is 4. The Bertz CT molecular complexity index is 2750. The van der Waals surface area contributed by atoms with Crippen molar-refractivity contribution in [2.45, 2.75) is 50.5 Å². The summed E-state index contributed by atoms with van der Waals surface area (Å²) in [6.45, 7) is 4.79. The zero-order chi connectivity index (χ0) is 40.5. The maximum atomic E-state index is 13.6. The average molecular weight is 799 g/mol. The van der Waals surface area contributed by atoms with Gasteiger partial charge < -0.3 is 20.4 Å². The molecule has 3 fully saturated rings. The Kier molecular flexibility index (Phi) is 8.92. The molecule has 1 aliphatic carbocycles. The first-order valence-electron chi connectivity index (χ1n) is 20.0. The normalized spacial score (nSPS) is 20.6. The van der Waals surface area contributed by atoms with Gasteiger partial charge in [0.05, 0.1) is 34.7 Å². The van der Waals surface area contributed by atoms with Crippen LogP contribution in [0.3, 0.4) is 0 Å². The maximum absolute atomic E-state index is 13.6. The highest BCUT2D eigenvalue weighted by Gasteiger charge is 2.39. The first-order chi connectivity index (χ1) is 28.6. The number of fused-ring (bicyclic) bond motifs is 3. The fourth-order valence-electron chi connectivity index (χ4n) is 8.81. The number of nitrogens with one attached hydrogen (secondary N) is 3. The number of carbonyl (C=O) groups excluding carboxylic acids is 3. The van der Waals surface area contributed by atoms with Gasteiger partial charge in [0.25, 0.3) is 5.91 Å². The molecule has 302 valence electrons. The number of nitrogens with zero attached hydrogens (tertiary/aromatic N) is 9. The number of alkyl halides is 1. The molecule has 0 bridgehead atoms. The molecule has 59 heavy (non-hydrogen) atoms. The summed E-state index contributed by atoms with van der Waals surface area (Å²) in [4.78, 5) is 66.9. The molecule has 1 saturated carbocycles. The monoisotopic (exact) mass is 798 g/mol. The number of aryl methyl sites for hydroxylation is 1. The zero-order valence-corrected chi connectivity index (χ0v) is 32.7. The lowest BCUT2D eigenvalue weighted by Gasteiger charge is -2.36. The number of imide groups is 1. The number of piperidine rings is 1. The highest BCUT2D eigenvalue weighted by molar-refractivity contribution is 6.00. The minimum Gasteiger partial charge on any atom is -0.385 e. The molecule has 2 aromatic carbocycles. The van der Waals surface area contributed by atoms with E-state index in [4.69, 9.17) is 10.1 Å². The Labute approximate surface area is 337 Å². The molecular formula is C42H43FN12O4. The molecule has 0 radical (unpaired) electrons. The molecule has 6 aromatic rings. The van der Waals surface area contributed by atoms with E-state index >= 15 is 0 Å². The summed E-state index contributed by atoms with van der Waals surface area (Å²) in [6.07, 6.45) is 3.95. The predicted octanol–water partition coefficient (Wildman–Crippen LogP) is 3.32. The van der Waals surface area contributed by atoms with Crippen LogP contribution < -0.4 is 31.4 Å². The van der Waals surface area contributed by atoms with Gasteiger partial charge in [-0.2, -0.15) is 0 Å². The van der Waals surface area contributed by atoms with Crippen LogP contribution in [0.15, 0.2) is 71.8 Å². The van der Waals surface area contributed by atoms with Crippen molar-refractivity contribution in [3.63, 3.8) is 0 Å². The Balaban J connectivity index is 0.838. The fraction of sp³-hybridized carbons (Fsp3) is 0.357. The number of carbonyl (C=O) groups is 3. The van der Waals surface area contributed by atoms with E-state index < -0.39 is 30.1 Å². The van der Waals surface area contributed by atoms with Crippen molar-refractivity contribution < 1.29 is 18.8 Å². The highest BCUT2D eigenvalue weighted by Crippen LogP contribution is 2.40. The maximum Gasteiger partial charge on any atom is 0.329 e. The minimum absolute atomic E-state index is 0.202. The Hall–Kier alpha value is -6.62. The number of amides is 3. The SMILES string of the molecule is CNc1cc(N2CCc3c(-c4cc(CN5CCN(c6ccc7c(c6)n(C)c(=O)n7C6CCC(=O)NC6=O)CC5)ccn4)cccc32)nn2c(C(=O)NC3CC3F)cnc12. The number of hydrogen-bond acceptors (Lipinski definition) is 11. The third kappa shape index (κ3) is 6.45. The third-order valence-electron chi connectivity index (χ3n) is 12.1. The summed E-state index contributed by atoms with van der Waals surface area (Å²) in [7, 11) is 3.52. The van der Waals surface area contributed by atoms with E-state index in [2.05, 4.69) is 59.9 Å². The van der Waals surface area contributed by atoms with Gasteiger partial charge in [-0.15, -0.1) is 5.10 Å². The number of benzene rings is 2. The summed E-state index contributed by atoms with van der Waals surface area (Å²) in [6, 6.07) is 17.2. The summed E-state index contributed by atoms with van der Waals surface area (Å²) in [5.41, 5.74) is 8.99. The third-order valence-corrected chi connectivity index (χ3v) is 12.1. The molecule has 3 aliphatic heterocycles. The Morgan fingerprint density at radius 1 is 0.966 bits per heavy atom. The topological polar surface area (TPSA) is 167 Å². The lowest BCUT2D eigenvalue weighted by Crippen LogP contribution is -2.46. The second-order valence-electron chi connectivity index (χ2n) is 15.7. The van der Waals surface area contributed by atoms with E-state index in [0.717, 1.165) is 73.0 Å². The minimum atomic E-state index is -1.01. The van der Waals surface area contributed by atoms with E-state index in [1.807, 2.05) is 36.5 Å². The molecule has 7 heterocycles. The number of pyridine rings is 1. The molecular weight excluding hydrogens is 756 g/mol. The van der Waals surface area contributed by atoms with Crippen LogP contribution in [0.4, 0.5) is 27.3 Å². The summed E-state index contributed by atoms with van der Waals surface area (Å²) in [5, 5.41) is 13.2. The standard InChI is InChI=1S/C42H43FN12O4/c1-44-31-21-37(49-55-36(22-46-39(31)55)41(58)47-30-20-28(30)43)53-13-11-27-26(4-3-5-32(27)53)29-18-24(10-12-45-29)23-51-14-16-52(17-15-51)25-6-7-33-35(19-25)50(2)42(59)54(33)34-8-9-38(56)48-40(34)57/h3-7,10,12,18-19,21-22,28,30,34,44H,8-9,11,13-17,20,23H2,1-2H3,(H,47,58)(H,48,56,57). The number of halogens is 1. The molecule has 3 amide bonds. The van der Waals surface area contributed by atoms with Gasteiger partial charge in [-0.25, -0.2) is 18.7 Å². The van der Waals surface area contributed by atoms with Crippen LogP contribution in [0.5, 0.6) is 0 Å². The van der Waals surface area contributed by atoms with Crippen molar-refractivity contribution in [3.8, 4) is 11.3 Å². The molecule has 4 aromatic heterocycles. The number of hydrogen-bond donors (Lipinski definition) is 3. The average Bonchev–Trinajstić information content (AvgIpc) is 3.53. The number of imidazole rings is 2. The van der Waals surface area contributed by atoms with Crippen LogP contribution in [-0.4, -0.2) is 103 Å². The van der Waals surface area contributed by atoms with Gasteiger partial charge >= 0.3 is 5.69 Å². The fourth-order valence-corrected chi connectivity index (χ4v) is 8.81. The zero-order valence-electron chi connectivity index (χ0n) is 32.7. The van der Waals surface area contributed by atoms with Crippen LogP contribution in [0, 0.1) is 0 Å². The van der Waals surface area contributed by atoms with Crippen LogP contribution >= 0.6 is 0 Å². The second kappa shape index (κ2) is 14.3. The van der Waals surface area contributed by atoms with E-state index in [0.29, 0.717) is 36.4 Å². The molecule has 17 heteroatoms. The summed E-state index contributed by atoms with van der Waals surface area (Å²) >= 11 is 0. The quantitative estimate of drug-likeness (QED) is 0.184. The highest BCUT2D eigenvalue weighted by atomic mass is 19.1. The van der Waals surface area contributed by atoms with Crippen LogP contribution in [0.1, 0.15) is 46.9 Å². The molecule has 3 atom stereocenters. The predicted molar refractivity (Wildman–Crippen MR) is 220 cm³/mol. The molecule has 16 nitrogen and oxygen atoms in total. The van der Waals surface area contributed by atoms with Gasteiger partial charge in [0.1, 0.15) is 12.2 Å². The van der Waals surface area contributed by atoms with Gasteiger partial charge in [-0.05, 0) is 60.4 Å². The lowest BCUT2D eigenvalue weighted by molar-refractivity contribution is -0.135. The van der Waals surface area contributed by atoms with Crippen molar-refractivity contribution in [1.82, 2.24) is 44.2 Å². The van der Waals surface area contributed by atoms with Crippen LogP contribution in [0.2, 0.25) is 0 Å². The van der Waals surface area contributed by atoms with Gasteiger partial charge in [0.15, 0.2) is 17.2 Å². The molecule has 0 spiro atoms. The number of aromatic nitrogens is 6. The smallest absolute Gasteiger partial charge is 0.329 e. The molecule has 2 saturated heterocycles. The van der Waals surface area contributed by atoms with Crippen LogP contribution in [0.25, 0.3) is 27.9 Å². The first-order valence-corrected chi connectivity index (χ1v) is 20.0. The summed E-state index contributed by atoms with van der Waals surface area (Å²) in [5.74, 6) is -0.492. The van der Waals surface area contributed by atoms with Crippen LogP contribution in [-0.2, 0) is 29.6 Å². The molecule has 3 unspecified atom stereocenters. The summed E-state index contributed by atoms with van der Waals surface area (Å²) < 4.78 is 18.2. The van der Waals surface area contributed by atoms with E-state index in [1.165, 1.54) is 26.4 Å². The lowest BCUT2D eigenvalue weighted by atomic mass is 10.0. The molecule has 3 N–H and O–H groups in total. The largest absolute Gasteiger partial charge is 0.385 e. The second-order valence-corrected chi connectivity index (χ2v) is 15.7. The van der Waals surface area contributed by atoms with Gasteiger partial charge in [0.2, 0.25) is 11.8 Å². The van der Waals surface area contributed by atoms with Crippen molar-refractivity contribution in [2.75, 3.05) is 54.9 Å². The first kappa shape index (κ1) is 36.7. The number of rotatable bonds is 9. The van der Waals surface area contributed by atoms with Crippen molar-refractivity contribution in [2.24, 2.45) is 7.05 Å².